The van der Waals surface area contributed by atoms with Crippen LogP contribution in [0.25, 0.3) is 0 Å². The van der Waals surface area contributed by atoms with Gasteiger partial charge in [0.25, 0.3) is 5.91 Å². The van der Waals surface area contributed by atoms with E-state index in [1.807, 2.05) is 16.9 Å². The zero-order chi connectivity index (χ0) is 14.4. The number of thiophene rings is 1. The number of carbonyl (C=O) groups is 1. The highest BCUT2D eigenvalue weighted by Crippen LogP contribution is 2.28. The van der Waals surface area contributed by atoms with Gasteiger partial charge < -0.3 is 16.4 Å². The number of nitrogens with two attached hydrogens (primary N) is 1. The molecule has 6 nitrogen and oxygen atoms in total. The standard InChI is InChI=1S/C13H17N5OS/c1-2-4-16-13(19)12-10(14)9-11(20-12)15-6-8-18-7-3-5-17-18/h2-3,5,7,9,15H,1,4,6,8,14H2,(H,16,19). The Hall–Kier alpha value is -2.28. The molecule has 0 aliphatic rings. The minimum atomic E-state index is -0.174. The molecule has 2 rings (SSSR count). The molecule has 0 aliphatic heterocycles. The number of carbonyl (C=O) groups excluding carboxylic acids is 1. The number of hydrogen-bond donors (Lipinski definition) is 3. The first-order valence-corrected chi connectivity index (χ1v) is 7.02. The number of anilines is 2. The molecule has 0 atom stereocenters. The molecule has 0 saturated heterocycles. The second kappa shape index (κ2) is 6.76. The Labute approximate surface area is 121 Å². The second-order valence-electron chi connectivity index (χ2n) is 4.09. The summed E-state index contributed by atoms with van der Waals surface area (Å²) in [5, 5.41) is 10.9. The lowest BCUT2D eigenvalue weighted by molar-refractivity contribution is 0.0963. The molecule has 2 aromatic rings. The molecule has 20 heavy (non-hydrogen) atoms. The van der Waals surface area contributed by atoms with Gasteiger partial charge >= 0.3 is 0 Å². The van der Waals surface area contributed by atoms with E-state index in [1.165, 1.54) is 11.3 Å². The van der Waals surface area contributed by atoms with E-state index in [4.69, 9.17) is 5.73 Å². The third-order valence-corrected chi connectivity index (χ3v) is 3.68. The van der Waals surface area contributed by atoms with Gasteiger partial charge in [0.1, 0.15) is 4.88 Å². The zero-order valence-electron chi connectivity index (χ0n) is 11.0. The van der Waals surface area contributed by atoms with Gasteiger partial charge in [-0.25, -0.2) is 0 Å². The topological polar surface area (TPSA) is 85.0 Å². The SMILES string of the molecule is C=CCNC(=O)c1sc(NCCn2cccn2)cc1N. The van der Waals surface area contributed by atoms with Crippen molar-refractivity contribution in [2.45, 2.75) is 6.54 Å². The number of rotatable bonds is 7. The summed E-state index contributed by atoms with van der Waals surface area (Å²) in [6, 6.07) is 3.65. The summed E-state index contributed by atoms with van der Waals surface area (Å²) >= 11 is 1.34. The molecule has 7 heteroatoms. The Kier molecular flexibility index (Phi) is 4.78. The van der Waals surface area contributed by atoms with Crippen LogP contribution in [-0.2, 0) is 6.54 Å². The van der Waals surface area contributed by atoms with Crippen molar-refractivity contribution >= 4 is 27.9 Å². The fourth-order valence-electron chi connectivity index (χ4n) is 1.64. The molecule has 0 fully saturated rings. The average Bonchev–Trinajstić information content (AvgIpc) is 3.06. The number of nitrogens with zero attached hydrogens (tertiary/aromatic N) is 2. The zero-order valence-corrected chi connectivity index (χ0v) is 11.8. The third kappa shape index (κ3) is 3.61. The Morgan fingerprint density at radius 1 is 1.60 bits per heavy atom. The van der Waals surface area contributed by atoms with E-state index in [0.29, 0.717) is 17.1 Å². The van der Waals surface area contributed by atoms with Gasteiger partial charge in [0.2, 0.25) is 0 Å². The summed E-state index contributed by atoms with van der Waals surface area (Å²) in [6.45, 7) is 5.45. The number of nitrogen functional groups attached to an aromatic ring is 1. The quantitative estimate of drug-likeness (QED) is 0.676. The molecule has 0 aliphatic carbocycles. The second-order valence-corrected chi connectivity index (χ2v) is 5.14. The van der Waals surface area contributed by atoms with Crippen LogP contribution in [0.3, 0.4) is 0 Å². The minimum absolute atomic E-state index is 0.174. The molecule has 2 heterocycles. The predicted molar refractivity (Wildman–Crippen MR) is 82.0 cm³/mol. The largest absolute Gasteiger partial charge is 0.397 e. The first-order chi connectivity index (χ1) is 9.70. The number of amides is 1. The summed E-state index contributed by atoms with van der Waals surface area (Å²) in [7, 11) is 0. The highest BCUT2D eigenvalue weighted by Gasteiger charge is 2.13. The highest BCUT2D eigenvalue weighted by atomic mass is 32.1. The molecule has 1 amide bonds. The first-order valence-electron chi connectivity index (χ1n) is 6.20. The molecule has 106 valence electrons. The number of nitrogens with one attached hydrogen (secondary N) is 2. The van der Waals surface area contributed by atoms with E-state index < -0.39 is 0 Å². The molecule has 0 radical (unpaired) electrons. The van der Waals surface area contributed by atoms with E-state index in [9.17, 15) is 4.79 Å². The Balaban J connectivity index is 1.89. The maximum absolute atomic E-state index is 11.8. The van der Waals surface area contributed by atoms with Crippen molar-refractivity contribution in [3.8, 4) is 0 Å². The highest BCUT2D eigenvalue weighted by molar-refractivity contribution is 7.18. The van der Waals surface area contributed by atoms with Crippen LogP contribution < -0.4 is 16.4 Å². The van der Waals surface area contributed by atoms with E-state index in [0.717, 1.165) is 18.1 Å². The Morgan fingerprint density at radius 3 is 3.15 bits per heavy atom. The maximum Gasteiger partial charge on any atom is 0.263 e. The van der Waals surface area contributed by atoms with Gasteiger partial charge in [-0.2, -0.15) is 5.10 Å². The minimum Gasteiger partial charge on any atom is -0.397 e. The number of aromatic nitrogens is 2. The predicted octanol–water partition coefficient (Wildman–Crippen LogP) is 1.55. The normalized spacial score (nSPS) is 10.2. The van der Waals surface area contributed by atoms with Gasteiger partial charge in [-0.3, -0.25) is 9.48 Å². The van der Waals surface area contributed by atoms with E-state index in [2.05, 4.69) is 22.3 Å². The smallest absolute Gasteiger partial charge is 0.263 e. The van der Waals surface area contributed by atoms with Crippen molar-refractivity contribution < 1.29 is 4.79 Å². The van der Waals surface area contributed by atoms with Gasteiger partial charge in [0.15, 0.2) is 0 Å². The van der Waals surface area contributed by atoms with Crippen LogP contribution in [0.15, 0.2) is 37.2 Å². The maximum atomic E-state index is 11.8. The third-order valence-electron chi connectivity index (χ3n) is 2.57. The fourth-order valence-corrected chi connectivity index (χ4v) is 2.56. The molecule has 0 unspecified atom stereocenters. The van der Waals surface area contributed by atoms with Crippen molar-refractivity contribution in [3.05, 3.63) is 42.1 Å². The molecule has 0 spiro atoms. The van der Waals surface area contributed by atoms with Crippen molar-refractivity contribution in [1.82, 2.24) is 15.1 Å². The molecule has 0 saturated carbocycles. The summed E-state index contributed by atoms with van der Waals surface area (Å²) < 4.78 is 1.83. The summed E-state index contributed by atoms with van der Waals surface area (Å²) in [5.41, 5.74) is 6.33. The molecule has 2 aromatic heterocycles. The summed E-state index contributed by atoms with van der Waals surface area (Å²) in [5.74, 6) is -0.174. The van der Waals surface area contributed by atoms with Crippen LogP contribution in [0.2, 0.25) is 0 Å². The average molecular weight is 291 g/mol. The van der Waals surface area contributed by atoms with E-state index in [-0.39, 0.29) is 5.91 Å². The molecule has 0 aromatic carbocycles. The van der Waals surface area contributed by atoms with Crippen LogP contribution in [0, 0.1) is 0 Å². The van der Waals surface area contributed by atoms with Crippen LogP contribution in [0.1, 0.15) is 9.67 Å². The Morgan fingerprint density at radius 2 is 2.45 bits per heavy atom. The van der Waals surface area contributed by atoms with Gasteiger partial charge in [-0.05, 0) is 12.1 Å². The number of hydrogen-bond acceptors (Lipinski definition) is 5. The molecular formula is C13H17N5OS. The van der Waals surface area contributed by atoms with Crippen molar-refractivity contribution in [2.75, 3.05) is 24.1 Å². The van der Waals surface area contributed by atoms with Gasteiger partial charge in [-0.1, -0.05) is 6.08 Å². The van der Waals surface area contributed by atoms with Crippen molar-refractivity contribution in [3.63, 3.8) is 0 Å². The molecule has 4 N–H and O–H groups in total. The Bertz CT molecular complexity index is 576. The van der Waals surface area contributed by atoms with Gasteiger partial charge in [0.05, 0.1) is 17.2 Å². The van der Waals surface area contributed by atoms with Crippen LogP contribution in [0.5, 0.6) is 0 Å². The first kappa shape index (κ1) is 14.1. The van der Waals surface area contributed by atoms with Crippen LogP contribution >= 0.6 is 11.3 Å². The molecular weight excluding hydrogens is 274 g/mol. The van der Waals surface area contributed by atoms with E-state index in [1.54, 1.807) is 18.3 Å². The summed E-state index contributed by atoms with van der Waals surface area (Å²) in [6.07, 6.45) is 5.27. The lowest BCUT2D eigenvalue weighted by Gasteiger charge is -2.03. The van der Waals surface area contributed by atoms with Crippen LogP contribution in [-0.4, -0.2) is 28.8 Å². The lowest BCUT2D eigenvalue weighted by Crippen LogP contribution is -2.22. The fraction of sp³-hybridized carbons (Fsp3) is 0.231. The van der Waals surface area contributed by atoms with Gasteiger partial charge in [0, 0.05) is 25.5 Å². The van der Waals surface area contributed by atoms with Crippen LogP contribution in [0.4, 0.5) is 10.7 Å². The van der Waals surface area contributed by atoms with Crippen molar-refractivity contribution in [2.24, 2.45) is 0 Å². The van der Waals surface area contributed by atoms with Gasteiger partial charge in [-0.15, -0.1) is 17.9 Å². The van der Waals surface area contributed by atoms with E-state index >= 15 is 0 Å². The monoisotopic (exact) mass is 291 g/mol. The van der Waals surface area contributed by atoms with Crippen molar-refractivity contribution in [1.29, 1.82) is 0 Å². The summed E-state index contributed by atoms with van der Waals surface area (Å²) in [4.78, 5) is 12.3. The molecule has 0 bridgehead atoms. The lowest BCUT2D eigenvalue weighted by atomic mass is 10.3.